The predicted octanol–water partition coefficient (Wildman–Crippen LogP) is 3.08. The van der Waals surface area contributed by atoms with Crippen molar-refractivity contribution in [2.45, 2.75) is 25.9 Å². The molecule has 0 aromatic heterocycles. The van der Waals surface area contributed by atoms with Gasteiger partial charge in [0.15, 0.2) is 11.5 Å². The first-order chi connectivity index (χ1) is 16.5. The Morgan fingerprint density at radius 3 is 2.37 bits per heavy atom. The Labute approximate surface area is 214 Å². The molecule has 0 saturated heterocycles. The smallest absolute Gasteiger partial charge is 0.244 e. The zero-order chi connectivity index (χ0) is 25.8. The number of nitrogens with zero attached hydrogens (tertiary/aromatic N) is 2. The molecule has 0 bridgehead atoms. The topological polar surface area (TPSA) is 105 Å². The number of nitrogens with one attached hydrogen (secondary N) is 1. The maximum atomic E-state index is 13.6. The molecular formula is C23H27Cl2N3O6S. The quantitative estimate of drug-likeness (QED) is 0.521. The van der Waals surface area contributed by atoms with E-state index in [2.05, 4.69) is 5.32 Å². The minimum atomic E-state index is -3.87. The number of anilines is 1. The van der Waals surface area contributed by atoms with E-state index in [4.69, 9.17) is 32.7 Å². The molecule has 0 radical (unpaired) electrons. The molecule has 1 aliphatic rings. The van der Waals surface area contributed by atoms with E-state index in [0.29, 0.717) is 46.7 Å². The summed E-state index contributed by atoms with van der Waals surface area (Å²) in [7, 11) is -2.40. The second-order valence-electron chi connectivity index (χ2n) is 7.89. The lowest BCUT2D eigenvalue weighted by Gasteiger charge is -2.33. The fourth-order valence-electron chi connectivity index (χ4n) is 3.72. The number of sulfonamides is 1. The zero-order valence-corrected chi connectivity index (χ0v) is 21.9. The van der Waals surface area contributed by atoms with E-state index in [1.165, 1.54) is 24.1 Å². The number of hydrogen-bond acceptors (Lipinski definition) is 6. The van der Waals surface area contributed by atoms with Crippen LogP contribution in [0.3, 0.4) is 0 Å². The number of fused-ring (bicyclic) bond motifs is 1. The fourth-order valence-corrected chi connectivity index (χ4v) is 5.03. The summed E-state index contributed by atoms with van der Waals surface area (Å²) in [5, 5.41) is 3.32. The van der Waals surface area contributed by atoms with Crippen molar-refractivity contribution in [3.05, 3.63) is 52.0 Å². The Morgan fingerprint density at radius 2 is 1.77 bits per heavy atom. The lowest BCUT2D eigenvalue weighted by Crippen LogP contribution is -2.51. The van der Waals surface area contributed by atoms with Crippen molar-refractivity contribution in [3.8, 4) is 11.5 Å². The van der Waals surface area contributed by atoms with E-state index < -0.39 is 28.5 Å². The van der Waals surface area contributed by atoms with E-state index in [1.54, 1.807) is 31.2 Å². The van der Waals surface area contributed by atoms with Gasteiger partial charge in [-0.25, -0.2) is 8.42 Å². The van der Waals surface area contributed by atoms with Crippen LogP contribution in [0.25, 0.3) is 0 Å². The lowest BCUT2D eigenvalue weighted by atomic mass is 10.1. The minimum absolute atomic E-state index is 0.0144. The Bertz CT molecular complexity index is 1210. The highest BCUT2D eigenvalue weighted by Crippen LogP contribution is 2.35. The van der Waals surface area contributed by atoms with Crippen LogP contribution >= 0.6 is 23.2 Å². The van der Waals surface area contributed by atoms with Crippen LogP contribution in [-0.2, 0) is 26.2 Å². The minimum Gasteiger partial charge on any atom is -0.486 e. The summed E-state index contributed by atoms with van der Waals surface area (Å²) in [4.78, 5) is 27.5. The van der Waals surface area contributed by atoms with Crippen LogP contribution in [0.4, 0.5) is 5.69 Å². The first-order valence-electron chi connectivity index (χ1n) is 10.9. The number of halogens is 2. The van der Waals surface area contributed by atoms with Gasteiger partial charge in [0, 0.05) is 29.7 Å². The maximum absolute atomic E-state index is 13.6. The highest BCUT2D eigenvalue weighted by Gasteiger charge is 2.32. The third-order valence-corrected chi connectivity index (χ3v) is 7.21. The average Bonchev–Trinajstić information content (AvgIpc) is 2.82. The summed E-state index contributed by atoms with van der Waals surface area (Å²) in [6.45, 7) is 1.93. The van der Waals surface area contributed by atoms with Crippen molar-refractivity contribution in [2.24, 2.45) is 0 Å². The third kappa shape index (κ3) is 6.50. The Kier molecular flexibility index (Phi) is 8.74. The van der Waals surface area contributed by atoms with Gasteiger partial charge in [-0.2, -0.15) is 0 Å². The second-order valence-corrected chi connectivity index (χ2v) is 10.6. The van der Waals surface area contributed by atoms with Gasteiger partial charge in [0.25, 0.3) is 0 Å². The summed E-state index contributed by atoms with van der Waals surface area (Å²) in [5.41, 5.74) is 0.805. The molecule has 12 heteroatoms. The van der Waals surface area contributed by atoms with Crippen LogP contribution < -0.4 is 19.1 Å². The van der Waals surface area contributed by atoms with Crippen LogP contribution in [0.1, 0.15) is 18.9 Å². The highest BCUT2D eigenvalue weighted by molar-refractivity contribution is 7.92. The first-order valence-corrected chi connectivity index (χ1v) is 13.5. The molecule has 0 aliphatic carbocycles. The van der Waals surface area contributed by atoms with Gasteiger partial charge in [-0.1, -0.05) is 36.2 Å². The number of hydrogen-bond donors (Lipinski definition) is 1. The van der Waals surface area contributed by atoms with Crippen LogP contribution in [0.2, 0.25) is 10.0 Å². The van der Waals surface area contributed by atoms with Gasteiger partial charge in [-0.05, 0) is 36.2 Å². The zero-order valence-electron chi connectivity index (χ0n) is 19.6. The van der Waals surface area contributed by atoms with Gasteiger partial charge in [0.1, 0.15) is 25.8 Å². The monoisotopic (exact) mass is 543 g/mol. The number of rotatable bonds is 9. The molecule has 1 N–H and O–H groups in total. The van der Waals surface area contributed by atoms with E-state index in [9.17, 15) is 18.0 Å². The van der Waals surface area contributed by atoms with Gasteiger partial charge in [-0.3, -0.25) is 13.9 Å². The molecule has 2 aromatic carbocycles. The van der Waals surface area contributed by atoms with Crippen LogP contribution in [-0.4, -0.2) is 64.2 Å². The van der Waals surface area contributed by atoms with Crippen LogP contribution in [0.15, 0.2) is 36.4 Å². The van der Waals surface area contributed by atoms with E-state index in [0.717, 1.165) is 10.6 Å². The van der Waals surface area contributed by atoms with Crippen LogP contribution in [0, 0.1) is 0 Å². The molecule has 1 heterocycles. The van der Waals surface area contributed by atoms with E-state index in [-0.39, 0.29) is 18.1 Å². The molecule has 0 unspecified atom stereocenters. The second kappa shape index (κ2) is 11.4. The summed E-state index contributed by atoms with van der Waals surface area (Å²) >= 11 is 12.3. The summed E-state index contributed by atoms with van der Waals surface area (Å²) in [5.74, 6) is -0.0798. The maximum Gasteiger partial charge on any atom is 0.244 e. The van der Waals surface area contributed by atoms with Gasteiger partial charge >= 0.3 is 0 Å². The molecule has 2 amide bonds. The number of likely N-dealkylation sites (N-methyl/N-ethyl adjacent to an activating group) is 1. The third-order valence-electron chi connectivity index (χ3n) is 5.48. The summed E-state index contributed by atoms with van der Waals surface area (Å²) < 4.78 is 37.4. The first kappa shape index (κ1) is 26.9. The molecule has 1 atom stereocenters. The van der Waals surface area contributed by atoms with Gasteiger partial charge in [0.2, 0.25) is 21.8 Å². The Balaban J connectivity index is 1.97. The molecule has 2 aromatic rings. The van der Waals surface area contributed by atoms with Crippen molar-refractivity contribution in [1.82, 2.24) is 10.2 Å². The molecule has 1 aliphatic heterocycles. The Hall–Kier alpha value is -2.69. The van der Waals surface area contributed by atoms with Crippen molar-refractivity contribution < 1.29 is 27.5 Å². The van der Waals surface area contributed by atoms with Crippen molar-refractivity contribution in [2.75, 3.05) is 37.4 Å². The standard InChI is InChI=1S/C23H27Cl2N3O6S/c1-4-19(23(30)26-2)27(13-15-5-6-16(24)11-18(15)25)22(29)14-28(35(3,31)32)17-7-8-20-21(12-17)34-10-9-33-20/h5-8,11-12,19H,4,9-10,13-14H2,1-3H3,(H,26,30)/t19-/m0/s1. The van der Waals surface area contributed by atoms with Crippen molar-refractivity contribution >= 4 is 50.7 Å². The van der Waals surface area contributed by atoms with Crippen molar-refractivity contribution in [3.63, 3.8) is 0 Å². The highest BCUT2D eigenvalue weighted by atomic mass is 35.5. The van der Waals surface area contributed by atoms with Crippen molar-refractivity contribution in [1.29, 1.82) is 0 Å². The molecule has 0 saturated carbocycles. The molecule has 190 valence electrons. The molecule has 9 nitrogen and oxygen atoms in total. The number of benzene rings is 2. The number of carbonyl (C=O) groups is 2. The number of ether oxygens (including phenoxy) is 2. The average molecular weight is 544 g/mol. The van der Waals surface area contributed by atoms with Gasteiger partial charge < -0.3 is 19.7 Å². The summed E-state index contributed by atoms with van der Waals surface area (Å²) in [6.07, 6.45) is 1.31. The number of carbonyl (C=O) groups excluding carboxylic acids is 2. The van der Waals surface area contributed by atoms with Gasteiger partial charge in [-0.15, -0.1) is 0 Å². The summed E-state index contributed by atoms with van der Waals surface area (Å²) in [6, 6.07) is 8.64. The molecule has 0 fully saturated rings. The van der Waals surface area contributed by atoms with Gasteiger partial charge in [0.05, 0.1) is 11.9 Å². The normalized spacial score (nSPS) is 13.6. The predicted molar refractivity (Wildman–Crippen MR) is 135 cm³/mol. The number of amides is 2. The molecular weight excluding hydrogens is 517 g/mol. The van der Waals surface area contributed by atoms with E-state index in [1.807, 2.05) is 0 Å². The molecule has 0 spiro atoms. The van der Waals surface area contributed by atoms with Crippen LogP contribution in [0.5, 0.6) is 11.5 Å². The molecule has 35 heavy (non-hydrogen) atoms. The lowest BCUT2D eigenvalue weighted by molar-refractivity contribution is -0.140. The SMILES string of the molecule is CC[C@@H](C(=O)NC)N(Cc1ccc(Cl)cc1Cl)C(=O)CN(c1ccc2c(c1)OCCO2)S(C)(=O)=O. The fraction of sp³-hybridized carbons (Fsp3) is 0.391. The van der Waals surface area contributed by atoms with E-state index >= 15 is 0 Å². The molecule has 3 rings (SSSR count). The largest absolute Gasteiger partial charge is 0.486 e. The Morgan fingerprint density at radius 1 is 1.09 bits per heavy atom.